The highest BCUT2D eigenvalue weighted by atomic mass is 16.6. The summed E-state index contributed by atoms with van der Waals surface area (Å²) in [5, 5.41) is 45.8. The van der Waals surface area contributed by atoms with Crippen molar-refractivity contribution >= 4 is 34.7 Å². The fraction of sp³-hybridized carbons (Fsp3) is 0.111. The molecule has 0 aromatic heterocycles. The van der Waals surface area contributed by atoms with Gasteiger partial charge in [-0.15, -0.1) is 6.58 Å². The summed E-state index contributed by atoms with van der Waals surface area (Å²) in [5.41, 5.74) is -0.843. The number of nitrogens with zero attached hydrogens (tertiary/aromatic N) is 4. The van der Waals surface area contributed by atoms with Crippen LogP contribution in [0.4, 0.5) is 22.7 Å². The summed E-state index contributed by atoms with van der Waals surface area (Å²) in [6.07, 6.45) is 2.97. The largest absolute Gasteiger partial charge is 0.490 e. The average Bonchev–Trinajstić information content (AvgIpc) is 2.93. The molecule has 3 rings (SSSR count). The molecule has 1 amide bonds. The Labute approximate surface area is 232 Å². The summed E-state index contributed by atoms with van der Waals surface area (Å²) in [4.78, 5) is 44.3. The summed E-state index contributed by atoms with van der Waals surface area (Å²) in [7, 11) is 0. The van der Waals surface area contributed by atoms with Crippen LogP contribution in [0.2, 0.25) is 0 Å². The second kappa shape index (κ2) is 13.1. The van der Waals surface area contributed by atoms with E-state index < -0.39 is 32.1 Å². The van der Waals surface area contributed by atoms with Crippen molar-refractivity contribution in [1.82, 2.24) is 0 Å². The number of nitriles is 1. The van der Waals surface area contributed by atoms with E-state index >= 15 is 0 Å². The van der Waals surface area contributed by atoms with Gasteiger partial charge in [0, 0.05) is 29.4 Å². The number of non-ortho nitro benzene ring substituents is 2. The van der Waals surface area contributed by atoms with E-state index in [2.05, 4.69) is 11.9 Å². The summed E-state index contributed by atoms with van der Waals surface area (Å²) in [5.74, 6) is -0.912. The van der Waals surface area contributed by atoms with E-state index in [1.807, 2.05) is 0 Å². The third-order valence-electron chi connectivity index (χ3n) is 5.37. The standard InChI is InChI=1S/C27H21N5O9/c1-3-6-18-11-17(12-19(16-28)27(33)29-20-7-5-8-21(14-20)30(34)35)13-25(40-4-2)26(18)41-24-10-9-22(31(36)37)15-23(24)32(38)39/h3,5,7-15H,1,4,6H2,2H3,(H,29,33)/b19-12+. The maximum Gasteiger partial charge on any atom is 0.318 e. The number of carbonyl (C=O) groups is 1. The predicted molar refractivity (Wildman–Crippen MR) is 147 cm³/mol. The number of hydrogen-bond acceptors (Lipinski definition) is 10. The van der Waals surface area contributed by atoms with Gasteiger partial charge in [0.05, 0.1) is 27.4 Å². The summed E-state index contributed by atoms with van der Waals surface area (Å²) in [6.45, 7) is 5.53. The zero-order valence-corrected chi connectivity index (χ0v) is 21.4. The molecule has 0 radical (unpaired) electrons. The molecule has 0 aliphatic heterocycles. The Kier molecular flexibility index (Phi) is 9.42. The Morgan fingerprint density at radius 1 is 1.00 bits per heavy atom. The van der Waals surface area contributed by atoms with E-state index in [-0.39, 0.29) is 47.2 Å². The molecule has 14 nitrogen and oxygen atoms in total. The van der Waals surface area contributed by atoms with Crippen LogP contribution in [-0.4, -0.2) is 27.3 Å². The van der Waals surface area contributed by atoms with Gasteiger partial charge in [-0.25, -0.2) is 0 Å². The Morgan fingerprint density at radius 3 is 2.32 bits per heavy atom. The molecule has 0 aliphatic carbocycles. The van der Waals surface area contributed by atoms with Crippen LogP contribution in [-0.2, 0) is 11.2 Å². The normalized spacial score (nSPS) is 10.7. The highest BCUT2D eigenvalue weighted by molar-refractivity contribution is 6.09. The molecule has 0 unspecified atom stereocenters. The molecule has 0 heterocycles. The molecule has 0 aliphatic rings. The molecule has 14 heteroatoms. The number of benzene rings is 3. The highest BCUT2D eigenvalue weighted by Crippen LogP contribution is 2.41. The number of nitro benzene ring substituents is 3. The average molecular weight is 559 g/mol. The first-order valence-corrected chi connectivity index (χ1v) is 11.8. The number of ether oxygens (including phenoxy) is 2. The van der Waals surface area contributed by atoms with Crippen LogP contribution in [0.3, 0.4) is 0 Å². The summed E-state index contributed by atoms with van der Waals surface area (Å²) < 4.78 is 11.6. The molecule has 41 heavy (non-hydrogen) atoms. The number of nitro groups is 3. The number of amides is 1. The Hall–Kier alpha value is -6.10. The maximum absolute atomic E-state index is 12.8. The second-order valence-corrected chi connectivity index (χ2v) is 8.13. The number of hydrogen-bond donors (Lipinski definition) is 1. The van der Waals surface area contributed by atoms with Crippen LogP contribution in [0.25, 0.3) is 6.08 Å². The lowest BCUT2D eigenvalue weighted by Gasteiger charge is -2.16. The first-order chi connectivity index (χ1) is 19.6. The molecule has 0 saturated carbocycles. The molecule has 0 fully saturated rings. The Morgan fingerprint density at radius 2 is 1.71 bits per heavy atom. The zero-order valence-electron chi connectivity index (χ0n) is 21.4. The third kappa shape index (κ3) is 7.27. The number of nitrogens with one attached hydrogen (secondary N) is 1. The van der Waals surface area contributed by atoms with Gasteiger partial charge in [-0.05, 0) is 49.2 Å². The van der Waals surface area contributed by atoms with Crippen LogP contribution in [0.5, 0.6) is 17.2 Å². The first kappa shape index (κ1) is 29.5. The quantitative estimate of drug-likeness (QED) is 0.0918. The zero-order chi connectivity index (χ0) is 30.1. The number of carbonyl (C=O) groups excluding carboxylic acids is 1. The molecular weight excluding hydrogens is 538 g/mol. The summed E-state index contributed by atoms with van der Waals surface area (Å²) >= 11 is 0. The summed E-state index contributed by atoms with van der Waals surface area (Å²) in [6, 6.07) is 12.9. The van der Waals surface area contributed by atoms with Gasteiger partial charge in [0.15, 0.2) is 11.5 Å². The second-order valence-electron chi connectivity index (χ2n) is 8.13. The van der Waals surface area contributed by atoms with Gasteiger partial charge in [0.25, 0.3) is 17.3 Å². The van der Waals surface area contributed by atoms with Crippen molar-refractivity contribution in [2.75, 3.05) is 11.9 Å². The lowest BCUT2D eigenvalue weighted by Crippen LogP contribution is -2.13. The lowest BCUT2D eigenvalue weighted by molar-refractivity contribution is -0.394. The van der Waals surface area contributed by atoms with Crippen molar-refractivity contribution in [2.45, 2.75) is 13.3 Å². The van der Waals surface area contributed by atoms with Crippen molar-refractivity contribution < 1.29 is 29.0 Å². The van der Waals surface area contributed by atoms with Crippen molar-refractivity contribution in [3.8, 4) is 23.3 Å². The van der Waals surface area contributed by atoms with Gasteiger partial charge < -0.3 is 14.8 Å². The predicted octanol–water partition coefficient (Wildman–Crippen LogP) is 5.88. The van der Waals surface area contributed by atoms with E-state index in [9.17, 15) is 40.4 Å². The first-order valence-electron chi connectivity index (χ1n) is 11.8. The molecule has 208 valence electrons. The number of rotatable bonds is 12. The molecule has 0 saturated heterocycles. The van der Waals surface area contributed by atoms with Crippen LogP contribution >= 0.6 is 0 Å². The van der Waals surface area contributed by atoms with Gasteiger partial charge in [0.2, 0.25) is 5.75 Å². The third-order valence-corrected chi connectivity index (χ3v) is 5.37. The van der Waals surface area contributed by atoms with Crippen LogP contribution in [0.1, 0.15) is 18.1 Å². The molecule has 1 N–H and O–H groups in total. The SMILES string of the molecule is C=CCc1cc(/C=C(\C#N)C(=O)Nc2cccc([N+](=O)[O-])c2)cc(OCC)c1Oc1ccc([N+](=O)[O-])cc1[N+](=O)[O-]. The van der Waals surface area contributed by atoms with Crippen molar-refractivity contribution in [3.63, 3.8) is 0 Å². The van der Waals surface area contributed by atoms with E-state index in [0.29, 0.717) is 11.1 Å². The molecule has 0 bridgehead atoms. The van der Waals surface area contributed by atoms with Gasteiger partial charge in [-0.2, -0.15) is 5.26 Å². The fourth-order valence-electron chi connectivity index (χ4n) is 3.62. The van der Waals surface area contributed by atoms with Crippen molar-refractivity contribution in [2.24, 2.45) is 0 Å². The smallest absolute Gasteiger partial charge is 0.318 e. The van der Waals surface area contributed by atoms with E-state index in [4.69, 9.17) is 9.47 Å². The van der Waals surface area contributed by atoms with Crippen LogP contribution in [0.15, 0.2) is 72.8 Å². The highest BCUT2D eigenvalue weighted by Gasteiger charge is 2.24. The molecule has 3 aromatic carbocycles. The Balaban J connectivity index is 2.05. The van der Waals surface area contributed by atoms with E-state index in [1.54, 1.807) is 19.1 Å². The minimum absolute atomic E-state index is 0.0698. The minimum atomic E-state index is -0.821. The van der Waals surface area contributed by atoms with Gasteiger partial charge in [0.1, 0.15) is 11.6 Å². The minimum Gasteiger partial charge on any atom is -0.490 e. The fourth-order valence-corrected chi connectivity index (χ4v) is 3.62. The van der Waals surface area contributed by atoms with E-state index in [1.165, 1.54) is 36.4 Å². The Bertz CT molecular complexity index is 1630. The van der Waals surface area contributed by atoms with Gasteiger partial charge in [-0.3, -0.25) is 35.1 Å². The van der Waals surface area contributed by atoms with Crippen molar-refractivity contribution in [1.29, 1.82) is 5.26 Å². The maximum atomic E-state index is 12.8. The number of allylic oxidation sites excluding steroid dienone is 1. The molecule has 0 spiro atoms. The molecular formula is C27H21N5O9. The van der Waals surface area contributed by atoms with Crippen LogP contribution in [0, 0.1) is 41.7 Å². The van der Waals surface area contributed by atoms with E-state index in [0.717, 1.165) is 24.3 Å². The number of anilines is 1. The van der Waals surface area contributed by atoms with Crippen LogP contribution < -0.4 is 14.8 Å². The molecule has 0 atom stereocenters. The van der Waals surface area contributed by atoms with Gasteiger partial charge >= 0.3 is 5.69 Å². The van der Waals surface area contributed by atoms with Gasteiger partial charge in [-0.1, -0.05) is 12.1 Å². The molecule has 3 aromatic rings. The van der Waals surface area contributed by atoms with Crippen molar-refractivity contribution in [3.05, 3.63) is 114 Å². The lowest BCUT2D eigenvalue weighted by atomic mass is 10.0. The topological polar surface area (TPSA) is 201 Å². The monoisotopic (exact) mass is 559 g/mol.